The summed E-state index contributed by atoms with van der Waals surface area (Å²) in [6, 6.07) is 11.7. The van der Waals surface area contributed by atoms with Crippen LogP contribution in [0, 0.1) is 12.7 Å². The van der Waals surface area contributed by atoms with Gasteiger partial charge in [0.15, 0.2) is 0 Å². The van der Waals surface area contributed by atoms with Crippen molar-refractivity contribution in [3.63, 3.8) is 0 Å². The van der Waals surface area contributed by atoms with E-state index >= 15 is 0 Å². The van der Waals surface area contributed by atoms with Crippen LogP contribution in [0.25, 0.3) is 10.9 Å². The molecule has 2 atom stereocenters. The van der Waals surface area contributed by atoms with Gasteiger partial charge in [-0.3, -0.25) is 19.3 Å². The van der Waals surface area contributed by atoms with E-state index in [1.165, 1.54) is 17.0 Å². The molecule has 7 nitrogen and oxygen atoms in total. The van der Waals surface area contributed by atoms with E-state index in [1.54, 1.807) is 31.3 Å². The van der Waals surface area contributed by atoms with Crippen molar-refractivity contribution in [2.24, 2.45) is 7.05 Å². The van der Waals surface area contributed by atoms with Gasteiger partial charge < -0.3 is 14.4 Å². The third-order valence-electron chi connectivity index (χ3n) is 7.93. The number of aryl methyl sites for hydroxylation is 1. The van der Waals surface area contributed by atoms with Gasteiger partial charge in [0.25, 0.3) is 11.8 Å². The van der Waals surface area contributed by atoms with Gasteiger partial charge in [-0.25, -0.2) is 4.39 Å². The minimum absolute atomic E-state index is 0.0418. The molecule has 38 heavy (non-hydrogen) atoms. The minimum Gasteiger partial charge on any atom is -0.347 e. The predicted octanol–water partition coefficient (Wildman–Crippen LogP) is 4.41. The molecule has 0 spiro atoms. The molecule has 0 saturated carbocycles. The molecule has 202 valence electrons. The molecule has 0 radical (unpaired) electrons. The molecule has 8 heteroatoms. The summed E-state index contributed by atoms with van der Waals surface area (Å²) in [5.74, 6) is -1.49. The molecule has 0 bridgehead atoms. The minimum atomic E-state index is -0.584. The molecule has 1 saturated heterocycles. The van der Waals surface area contributed by atoms with Crippen molar-refractivity contribution in [2.75, 3.05) is 20.1 Å². The maximum atomic E-state index is 14.0. The fourth-order valence-corrected chi connectivity index (χ4v) is 5.17. The number of aromatic nitrogens is 1. The van der Waals surface area contributed by atoms with Crippen LogP contribution in [0.15, 0.2) is 42.5 Å². The van der Waals surface area contributed by atoms with E-state index in [0.29, 0.717) is 30.6 Å². The van der Waals surface area contributed by atoms with Gasteiger partial charge in [-0.15, -0.1) is 0 Å². The van der Waals surface area contributed by atoms with Crippen LogP contribution in [0.1, 0.15) is 59.7 Å². The Balaban J connectivity index is 1.61. The number of likely N-dealkylation sites (N-methyl/N-ethyl adjacent to an activating group) is 1. The highest BCUT2D eigenvalue weighted by Crippen LogP contribution is 2.30. The summed E-state index contributed by atoms with van der Waals surface area (Å²) in [6.45, 7) is 11.7. The average molecular weight is 521 g/mol. The zero-order valence-corrected chi connectivity index (χ0v) is 23.3. The Kier molecular flexibility index (Phi) is 7.74. The first-order chi connectivity index (χ1) is 17.9. The number of fused-ring (bicyclic) bond motifs is 1. The Bertz CT molecular complexity index is 1380. The molecular weight excluding hydrogens is 483 g/mol. The van der Waals surface area contributed by atoms with Gasteiger partial charge in [-0.05, 0) is 70.5 Å². The summed E-state index contributed by atoms with van der Waals surface area (Å²) in [4.78, 5) is 45.3. The zero-order valence-electron chi connectivity index (χ0n) is 23.3. The lowest BCUT2D eigenvalue weighted by molar-refractivity contribution is -0.126. The number of Topliss-reactive ketones (excluding diaryl/α,β-unsaturated/α-hetero) is 1. The number of ketones is 1. The second kappa shape index (κ2) is 10.7. The highest BCUT2D eigenvalue weighted by Gasteiger charge is 2.34. The van der Waals surface area contributed by atoms with Crippen LogP contribution in [0.3, 0.4) is 0 Å². The molecule has 0 unspecified atom stereocenters. The van der Waals surface area contributed by atoms with Crippen molar-refractivity contribution in [2.45, 2.75) is 59.3 Å². The van der Waals surface area contributed by atoms with Gasteiger partial charge in [-0.1, -0.05) is 12.1 Å². The van der Waals surface area contributed by atoms with Crippen molar-refractivity contribution < 1.29 is 18.8 Å². The van der Waals surface area contributed by atoms with E-state index in [0.717, 1.165) is 16.8 Å². The van der Waals surface area contributed by atoms with Gasteiger partial charge in [0.05, 0.1) is 5.56 Å². The van der Waals surface area contributed by atoms with Gasteiger partial charge in [-0.2, -0.15) is 0 Å². The van der Waals surface area contributed by atoms with Crippen molar-refractivity contribution in [3.05, 3.63) is 70.7 Å². The Hall–Kier alpha value is -3.52. The second-order valence-corrected chi connectivity index (χ2v) is 10.8. The first-order valence-corrected chi connectivity index (χ1v) is 13.1. The molecule has 1 aromatic heterocycles. The number of rotatable bonds is 6. The normalized spacial score (nSPS) is 18.3. The van der Waals surface area contributed by atoms with Gasteiger partial charge in [0.2, 0.25) is 5.78 Å². The number of nitrogens with zero attached hydrogens (tertiary/aromatic N) is 4. The van der Waals surface area contributed by atoms with E-state index < -0.39 is 11.7 Å². The van der Waals surface area contributed by atoms with Gasteiger partial charge in [0.1, 0.15) is 5.82 Å². The second-order valence-electron chi connectivity index (χ2n) is 10.8. The highest BCUT2D eigenvalue weighted by molar-refractivity contribution is 6.43. The zero-order chi connectivity index (χ0) is 27.9. The summed E-state index contributed by atoms with van der Waals surface area (Å²) >= 11 is 0. The summed E-state index contributed by atoms with van der Waals surface area (Å²) in [7, 11) is 3.52. The molecule has 2 aromatic carbocycles. The first-order valence-electron chi connectivity index (χ1n) is 13.1. The van der Waals surface area contributed by atoms with Crippen molar-refractivity contribution in [3.8, 4) is 0 Å². The van der Waals surface area contributed by atoms with Crippen LogP contribution in [0.4, 0.5) is 4.39 Å². The van der Waals surface area contributed by atoms with E-state index in [4.69, 9.17) is 0 Å². The quantitative estimate of drug-likeness (QED) is 0.357. The number of halogens is 1. The lowest BCUT2D eigenvalue weighted by Crippen LogP contribution is -2.57. The number of carbonyl (C=O) groups is 3. The van der Waals surface area contributed by atoms with E-state index in [-0.39, 0.29) is 35.4 Å². The van der Waals surface area contributed by atoms with E-state index in [1.807, 2.05) is 50.3 Å². The van der Waals surface area contributed by atoms with Crippen LogP contribution in [-0.4, -0.2) is 75.1 Å². The van der Waals surface area contributed by atoms with E-state index in [2.05, 4.69) is 11.8 Å². The van der Waals surface area contributed by atoms with Crippen molar-refractivity contribution in [1.29, 1.82) is 0 Å². The molecule has 2 heterocycles. The molecule has 4 rings (SSSR count). The fourth-order valence-electron chi connectivity index (χ4n) is 5.17. The molecule has 0 aliphatic carbocycles. The third kappa shape index (κ3) is 5.10. The number of benzene rings is 2. The smallest absolute Gasteiger partial charge is 0.294 e. The standard InChI is InChI=1S/C30H37FN4O3/c1-18(2)32(6)30(38)28(36)23-10-13-26-25(14-23)27(21(5)33(26)7)29(37)35-16-19(3)34(15-20(35)4)17-22-8-11-24(31)12-9-22/h8-14,18-20H,15-17H2,1-7H3/t19-,20+/m0/s1. The van der Waals surface area contributed by atoms with Crippen LogP contribution in [-0.2, 0) is 18.4 Å². The van der Waals surface area contributed by atoms with Crippen LogP contribution in [0.5, 0.6) is 0 Å². The number of hydrogen-bond donors (Lipinski definition) is 0. The van der Waals surface area contributed by atoms with Crippen LogP contribution in [0.2, 0.25) is 0 Å². The van der Waals surface area contributed by atoms with Crippen LogP contribution >= 0.6 is 0 Å². The summed E-state index contributed by atoms with van der Waals surface area (Å²) in [5.41, 5.74) is 3.52. The molecule has 2 amide bonds. The third-order valence-corrected chi connectivity index (χ3v) is 7.93. The Morgan fingerprint density at radius 2 is 1.68 bits per heavy atom. The fraction of sp³-hybridized carbons (Fsp3) is 0.433. The Morgan fingerprint density at radius 3 is 2.32 bits per heavy atom. The van der Waals surface area contributed by atoms with Gasteiger partial charge >= 0.3 is 0 Å². The number of piperazine rings is 1. The Morgan fingerprint density at radius 1 is 1.03 bits per heavy atom. The van der Waals surface area contributed by atoms with Gasteiger partial charge in [0, 0.05) is 74.0 Å². The predicted molar refractivity (Wildman–Crippen MR) is 147 cm³/mol. The maximum Gasteiger partial charge on any atom is 0.294 e. The monoisotopic (exact) mass is 520 g/mol. The topological polar surface area (TPSA) is 65.9 Å². The van der Waals surface area contributed by atoms with E-state index in [9.17, 15) is 18.8 Å². The van der Waals surface area contributed by atoms with Crippen LogP contribution < -0.4 is 0 Å². The summed E-state index contributed by atoms with van der Waals surface area (Å²) < 4.78 is 15.3. The molecule has 3 aromatic rings. The first kappa shape index (κ1) is 27.5. The summed E-state index contributed by atoms with van der Waals surface area (Å²) in [5, 5.41) is 0.675. The lowest BCUT2D eigenvalue weighted by atomic mass is 10.0. The molecule has 0 N–H and O–H groups in total. The SMILES string of the molecule is Cc1c(C(=O)N2C[C@H](C)N(Cc3ccc(F)cc3)C[C@H]2C)c2cc(C(=O)C(=O)N(C)C(C)C)ccc2n1C. The highest BCUT2D eigenvalue weighted by atomic mass is 19.1. The largest absolute Gasteiger partial charge is 0.347 e. The molecule has 1 aliphatic rings. The number of hydrogen-bond acceptors (Lipinski definition) is 4. The Labute approximate surface area is 223 Å². The maximum absolute atomic E-state index is 14.0. The number of amides is 2. The lowest BCUT2D eigenvalue weighted by Gasteiger charge is -2.44. The molecular formula is C30H37FN4O3. The number of carbonyl (C=O) groups excluding carboxylic acids is 3. The summed E-state index contributed by atoms with van der Waals surface area (Å²) in [6.07, 6.45) is 0. The molecule has 1 aliphatic heterocycles. The molecule has 1 fully saturated rings. The van der Waals surface area contributed by atoms with Crippen molar-refractivity contribution in [1.82, 2.24) is 19.3 Å². The van der Waals surface area contributed by atoms with Crippen molar-refractivity contribution >= 4 is 28.5 Å². The average Bonchev–Trinajstić information content (AvgIpc) is 3.14.